The van der Waals surface area contributed by atoms with Crippen LogP contribution in [0.3, 0.4) is 0 Å². The fourth-order valence-corrected chi connectivity index (χ4v) is 2.96. The van der Waals surface area contributed by atoms with Crippen LogP contribution in [0.5, 0.6) is 5.75 Å². The second-order valence-corrected chi connectivity index (χ2v) is 6.34. The van der Waals surface area contributed by atoms with Crippen molar-refractivity contribution in [3.8, 4) is 5.75 Å². The zero-order chi connectivity index (χ0) is 17.7. The highest BCUT2D eigenvalue weighted by molar-refractivity contribution is 8.00. The van der Waals surface area contributed by atoms with E-state index in [9.17, 15) is 18.0 Å². The second-order valence-electron chi connectivity index (χ2n) is 4.48. The van der Waals surface area contributed by atoms with E-state index in [0.717, 1.165) is 12.1 Å². The number of ether oxygens (including phenoxy) is 1. The standard InChI is InChI=1S/C15H10Cl2F3NO2S/c16-9-1-6-12(17)13(7-9)24-8-14(22)21-10-2-4-11(5-3-10)23-15(18,19)20/h1-7H,8H2,(H,21,22). The van der Waals surface area contributed by atoms with Crippen LogP contribution < -0.4 is 10.1 Å². The number of hydrogen-bond acceptors (Lipinski definition) is 3. The highest BCUT2D eigenvalue weighted by atomic mass is 35.5. The first-order chi connectivity index (χ1) is 11.2. The van der Waals surface area contributed by atoms with Gasteiger partial charge >= 0.3 is 6.36 Å². The lowest BCUT2D eigenvalue weighted by Gasteiger charge is -2.10. The summed E-state index contributed by atoms with van der Waals surface area (Å²) >= 11 is 13.0. The maximum atomic E-state index is 12.1. The number of anilines is 1. The third-order valence-corrected chi connectivity index (χ3v) is 4.36. The van der Waals surface area contributed by atoms with Crippen molar-refractivity contribution >= 4 is 46.6 Å². The molecule has 0 saturated carbocycles. The van der Waals surface area contributed by atoms with E-state index in [2.05, 4.69) is 10.1 Å². The molecule has 2 rings (SSSR count). The number of thioether (sulfide) groups is 1. The largest absolute Gasteiger partial charge is 0.573 e. The normalized spacial score (nSPS) is 11.2. The molecular weight excluding hydrogens is 386 g/mol. The van der Waals surface area contributed by atoms with Gasteiger partial charge in [-0.1, -0.05) is 23.2 Å². The number of carbonyl (C=O) groups is 1. The quantitative estimate of drug-likeness (QED) is 0.667. The molecule has 0 unspecified atom stereocenters. The van der Waals surface area contributed by atoms with E-state index in [0.29, 0.717) is 20.6 Å². The van der Waals surface area contributed by atoms with Gasteiger partial charge in [0.1, 0.15) is 5.75 Å². The van der Waals surface area contributed by atoms with Crippen LogP contribution in [0.25, 0.3) is 0 Å². The number of rotatable bonds is 5. The van der Waals surface area contributed by atoms with E-state index in [1.807, 2.05) is 0 Å². The van der Waals surface area contributed by atoms with Crippen LogP contribution in [0.2, 0.25) is 10.0 Å². The van der Waals surface area contributed by atoms with E-state index in [4.69, 9.17) is 23.2 Å². The lowest BCUT2D eigenvalue weighted by atomic mass is 10.3. The minimum absolute atomic E-state index is 0.0703. The van der Waals surface area contributed by atoms with Gasteiger partial charge < -0.3 is 10.1 Å². The molecule has 0 aliphatic heterocycles. The lowest BCUT2D eigenvalue weighted by molar-refractivity contribution is -0.274. The Morgan fingerprint density at radius 3 is 2.42 bits per heavy atom. The van der Waals surface area contributed by atoms with Crippen molar-refractivity contribution in [3.63, 3.8) is 0 Å². The van der Waals surface area contributed by atoms with Crippen molar-refractivity contribution in [2.45, 2.75) is 11.3 Å². The van der Waals surface area contributed by atoms with E-state index >= 15 is 0 Å². The summed E-state index contributed by atoms with van der Waals surface area (Å²) in [6, 6.07) is 9.77. The molecule has 2 aromatic rings. The maximum absolute atomic E-state index is 12.1. The Morgan fingerprint density at radius 2 is 1.79 bits per heavy atom. The second kappa shape index (κ2) is 8.00. The molecule has 0 atom stereocenters. The lowest BCUT2D eigenvalue weighted by Crippen LogP contribution is -2.17. The van der Waals surface area contributed by atoms with Crippen LogP contribution >= 0.6 is 35.0 Å². The highest BCUT2D eigenvalue weighted by Gasteiger charge is 2.30. The van der Waals surface area contributed by atoms with Gasteiger partial charge in [-0.3, -0.25) is 4.79 Å². The predicted octanol–water partition coefficient (Wildman–Crippen LogP) is 5.62. The van der Waals surface area contributed by atoms with Gasteiger partial charge in [-0.05, 0) is 42.5 Å². The molecule has 0 heterocycles. The maximum Gasteiger partial charge on any atom is 0.573 e. The number of carbonyl (C=O) groups excluding carboxylic acids is 1. The SMILES string of the molecule is O=C(CSc1cc(Cl)ccc1Cl)Nc1ccc(OC(F)(F)F)cc1. The van der Waals surface area contributed by atoms with Crippen molar-refractivity contribution in [1.29, 1.82) is 0 Å². The van der Waals surface area contributed by atoms with Crippen molar-refractivity contribution in [3.05, 3.63) is 52.5 Å². The van der Waals surface area contributed by atoms with Crippen molar-refractivity contribution in [2.24, 2.45) is 0 Å². The Balaban J connectivity index is 1.89. The monoisotopic (exact) mass is 395 g/mol. The Labute approximate surface area is 150 Å². The van der Waals surface area contributed by atoms with Crippen LogP contribution in [0.1, 0.15) is 0 Å². The van der Waals surface area contributed by atoms with E-state index < -0.39 is 6.36 Å². The summed E-state index contributed by atoms with van der Waals surface area (Å²) in [5.41, 5.74) is 0.354. The van der Waals surface area contributed by atoms with Crippen LogP contribution in [-0.2, 0) is 4.79 Å². The number of benzene rings is 2. The summed E-state index contributed by atoms with van der Waals surface area (Å²) in [5, 5.41) is 3.54. The Hall–Kier alpha value is -1.57. The average Bonchev–Trinajstić information content (AvgIpc) is 2.49. The van der Waals surface area contributed by atoms with Gasteiger partial charge in [0.05, 0.1) is 10.8 Å². The topological polar surface area (TPSA) is 38.3 Å². The Morgan fingerprint density at radius 1 is 1.12 bits per heavy atom. The zero-order valence-corrected chi connectivity index (χ0v) is 14.2. The molecule has 0 fully saturated rings. The fourth-order valence-electron chi connectivity index (χ4n) is 1.67. The summed E-state index contributed by atoms with van der Waals surface area (Å²) in [6.45, 7) is 0. The number of amides is 1. The van der Waals surface area contributed by atoms with Gasteiger partial charge in [0.15, 0.2) is 0 Å². The molecular formula is C15H10Cl2F3NO2S. The number of hydrogen-bond donors (Lipinski definition) is 1. The molecule has 128 valence electrons. The summed E-state index contributed by atoms with van der Waals surface area (Å²) in [5.74, 6) is -0.623. The van der Waals surface area contributed by atoms with Crippen LogP contribution in [-0.4, -0.2) is 18.0 Å². The summed E-state index contributed by atoms with van der Waals surface area (Å²) < 4.78 is 39.9. The first kappa shape index (κ1) is 18.8. The fraction of sp³-hybridized carbons (Fsp3) is 0.133. The van der Waals surface area contributed by atoms with Crippen LogP contribution in [0.4, 0.5) is 18.9 Å². The third kappa shape index (κ3) is 6.14. The Kier molecular flexibility index (Phi) is 6.26. The molecule has 0 aliphatic rings. The third-order valence-electron chi connectivity index (χ3n) is 2.62. The predicted molar refractivity (Wildman–Crippen MR) is 88.9 cm³/mol. The van der Waals surface area contributed by atoms with Gasteiger partial charge in [-0.25, -0.2) is 0 Å². The number of halogens is 5. The molecule has 9 heteroatoms. The van der Waals surface area contributed by atoms with Gasteiger partial charge in [-0.15, -0.1) is 24.9 Å². The van der Waals surface area contributed by atoms with E-state index in [1.54, 1.807) is 18.2 Å². The Bertz CT molecular complexity index is 724. The minimum atomic E-state index is -4.75. The molecule has 0 aliphatic carbocycles. The van der Waals surface area contributed by atoms with Crippen molar-refractivity contribution < 1.29 is 22.7 Å². The summed E-state index contributed by atoms with van der Waals surface area (Å²) in [6.07, 6.45) is -4.75. The average molecular weight is 396 g/mol. The minimum Gasteiger partial charge on any atom is -0.406 e. The molecule has 3 nitrogen and oxygen atoms in total. The van der Waals surface area contributed by atoms with E-state index in [-0.39, 0.29) is 17.4 Å². The number of alkyl halides is 3. The van der Waals surface area contributed by atoms with Crippen LogP contribution in [0.15, 0.2) is 47.4 Å². The van der Waals surface area contributed by atoms with Gasteiger partial charge in [0, 0.05) is 15.6 Å². The molecule has 24 heavy (non-hydrogen) atoms. The molecule has 0 radical (unpaired) electrons. The molecule has 1 N–H and O–H groups in total. The smallest absolute Gasteiger partial charge is 0.406 e. The molecule has 2 aromatic carbocycles. The van der Waals surface area contributed by atoms with Crippen molar-refractivity contribution in [2.75, 3.05) is 11.1 Å². The van der Waals surface area contributed by atoms with E-state index in [1.165, 1.54) is 23.9 Å². The summed E-state index contributed by atoms with van der Waals surface area (Å²) in [7, 11) is 0. The van der Waals surface area contributed by atoms with Crippen molar-refractivity contribution in [1.82, 2.24) is 0 Å². The zero-order valence-electron chi connectivity index (χ0n) is 11.9. The first-order valence-electron chi connectivity index (χ1n) is 6.46. The highest BCUT2D eigenvalue weighted by Crippen LogP contribution is 2.30. The molecule has 1 amide bonds. The van der Waals surface area contributed by atoms with Gasteiger partial charge in [0.2, 0.25) is 5.91 Å². The summed E-state index contributed by atoms with van der Waals surface area (Å²) in [4.78, 5) is 12.5. The molecule has 0 saturated heterocycles. The first-order valence-corrected chi connectivity index (χ1v) is 8.20. The molecule has 0 bridgehead atoms. The molecule has 0 spiro atoms. The van der Waals surface area contributed by atoms with Gasteiger partial charge in [-0.2, -0.15) is 0 Å². The molecule has 0 aromatic heterocycles. The number of nitrogens with one attached hydrogen (secondary N) is 1. The van der Waals surface area contributed by atoms with Crippen LogP contribution in [0, 0.1) is 0 Å². The van der Waals surface area contributed by atoms with Gasteiger partial charge in [0.25, 0.3) is 0 Å².